The molecule has 1 rings (SSSR count). The summed E-state index contributed by atoms with van der Waals surface area (Å²) in [6.07, 6.45) is 0. The van der Waals surface area contributed by atoms with Crippen LogP contribution in [-0.2, 0) is 0 Å². The van der Waals surface area contributed by atoms with E-state index in [1.54, 1.807) is 0 Å². The van der Waals surface area contributed by atoms with Gasteiger partial charge in [0, 0.05) is 15.3 Å². The third-order valence-corrected chi connectivity index (χ3v) is 1.93. The van der Waals surface area contributed by atoms with Crippen molar-refractivity contribution in [3.63, 3.8) is 0 Å². The van der Waals surface area contributed by atoms with Crippen molar-refractivity contribution < 1.29 is 0 Å². The van der Waals surface area contributed by atoms with Crippen LogP contribution < -0.4 is 5.19 Å². The molecule has 0 aliphatic rings. The van der Waals surface area contributed by atoms with Gasteiger partial charge in [-0.05, 0) is 12.1 Å². The standard InChI is InChI=1S/C6H7ClSi.CH4/c7-5-1-3-6(8)4-2-5;/h1-4H,8H3;1H4. The normalized spacial score (nSPS) is 8.56. The lowest BCUT2D eigenvalue weighted by molar-refractivity contribution is 1.77. The van der Waals surface area contributed by atoms with Gasteiger partial charge in [0.1, 0.15) is 0 Å². The summed E-state index contributed by atoms with van der Waals surface area (Å²) in [5.74, 6) is 0. The highest BCUT2D eigenvalue weighted by Crippen LogP contribution is 2.02. The molecule has 1 aromatic rings. The number of rotatable bonds is 0. The van der Waals surface area contributed by atoms with Crippen molar-refractivity contribution in [3.05, 3.63) is 29.3 Å². The second-order valence-electron chi connectivity index (χ2n) is 1.80. The summed E-state index contributed by atoms with van der Waals surface area (Å²) in [6, 6.07) is 7.94. The molecule has 0 saturated carbocycles. The molecular formula is C7H11ClSi. The Bertz CT molecular complexity index is 148. The molecule has 50 valence electrons. The Morgan fingerprint density at radius 3 is 1.89 bits per heavy atom. The summed E-state index contributed by atoms with van der Waals surface area (Å²) >= 11 is 5.63. The summed E-state index contributed by atoms with van der Waals surface area (Å²) in [6.45, 7) is 0. The Kier molecular flexibility index (Phi) is 3.58. The van der Waals surface area contributed by atoms with E-state index in [1.165, 1.54) is 5.19 Å². The smallest absolute Gasteiger partial charge is 0.0405 e. The van der Waals surface area contributed by atoms with Gasteiger partial charge in [0.2, 0.25) is 0 Å². The molecular weight excluding hydrogens is 148 g/mol. The summed E-state index contributed by atoms with van der Waals surface area (Å²) < 4.78 is 0. The molecule has 0 unspecified atom stereocenters. The van der Waals surface area contributed by atoms with E-state index < -0.39 is 0 Å². The second kappa shape index (κ2) is 3.70. The van der Waals surface area contributed by atoms with Crippen LogP contribution in [0.25, 0.3) is 0 Å². The molecule has 0 amide bonds. The van der Waals surface area contributed by atoms with E-state index in [2.05, 4.69) is 12.1 Å². The van der Waals surface area contributed by atoms with Crippen LogP contribution in [0.4, 0.5) is 0 Å². The lowest BCUT2D eigenvalue weighted by Gasteiger charge is -1.88. The van der Waals surface area contributed by atoms with Gasteiger partial charge < -0.3 is 0 Å². The Morgan fingerprint density at radius 2 is 1.56 bits per heavy atom. The highest BCUT2D eigenvalue weighted by atomic mass is 35.5. The lowest BCUT2D eigenvalue weighted by atomic mass is 10.4. The van der Waals surface area contributed by atoms with Crippen LogP contribution in [0.3, 0.4) is 0 Å². The summed E-state index contributed by atoms with van der Waals surface area (Å²) in [5, 5.41) is 2.21. The summed E-state index contributed by atoms with van der Waals surface area (Å²) in [5.41, 5.74) is 0. The van der Waals surface area contributed by atoms with Gasteiger partial charge in [-0.2, -0.15) is 0 Å². The van der Waals surface area contributed by atoms with Gasteiger partial charge >= 0.3 is 0 Å². The first-order valence-electron chi connectivity index (χ1n) is 2.51. The maximum Gasteiger partial charge on any atom is 0.0405 e. The van der Waals surface area contributed by atoms with Crippen LogP contribution in [0.15, 0.2) is 24.3 Å². The monoisotopic (exact) mass is 158 g/mol. The van der Waals surface area contributed by atoms with Crippen molar-refractivity contribution in [2.45, 2.75) is 7.43 Å². The minimum Gasteiger partial charge on any atom is -0.0843 e. The molecule has 0 N–H and O–H groups in total. The van der Waals surface area contributed by atoms with Crippen molar-refractivity contribution in [3.8, 4) is 0 Å². The fraction of sp³-hybridized carbons (Fsp3) is 0.143. The predicted octanol–water partition coefficient (Wildman–Crippen LogP) is 0.967. The number of halogens is 1. The van der Waals surface area contributed by atoms with Gasteiger partial charge in [-0.15, -0.1) is 0 Å². The fourth-order valence-corrected chi connectivity index (χ4v) is 0.993. The van der Waals surface area contributed by atoms with Crippen LogP contribution >= 0.6 is 11.6 Å². The zero-order valence-corrected chi connectivity index (χ0v) is 7.44. The van der Waals surface area contributed by atoms with Gasteiger partial charge in [0.15, 0.2) is 0 Å². The quantitative estimate of drug-likeness (QED) is 0.494. The summed E-state index contributed by atoms with van der Waals surface area (Å²) in [4.78, 5) is 0. The number of hydrogen-bond acceptors (Lipinski definition) is 0. The largest absolute Gasteiger partial charge is 0.0843 e. The van der Waals surface area contributed by atoms with E-state index in [0.29, 0.717) is 0 Å². The average Bonchev–Trinajstić information content (AvgIpc) is 1.77. The maximum absolute atomic E-state index is 5.63. The van der Waals surface area contributed by atoms with E-state index in [4.69, 9.17) is 11.6 Å². The molecule has 0 spiro atoms. The zero-order valence-electron chi connectivity index (χ0n) is 4.69. The SMILES string of the molecule is C.[SiH3]c1ccc(Cl)cc1. The topological polar surface area (TPSA) is 0 Å². The molecule has 1 aromatic carbocycles. The fourth-order valence-electron chi connectivity index (χ4n) is 0.533. The number of hydrogen-bond donors (Lipinski definition) is 0. The first-order valence-corrected chi connectivity index (χ1v) is 3.89. The highest BCUT2D eigenvalue weighted by molar-refractivity contribution is 6.34. The molecule has 0 radical (unpaired) electrons. The maximum atomic E-state index is 5.63. The highest BCUT2D eigenvalue weighted by Gasteiger charge is 1.81. The second-order valence-corrected chi connectivity index (χ2v) is 3.39. The molecule has 9 heavy (non-hydrogen) atoms. The molecule has 0 aliphatic carbocycles. The predicted molar refractivity (Wildman–Crippen MR) is 47.8 cm³/mol. The Morgan fingerprint density at radius 1 is 1.11 bits per heavy atom. The van der Waals surface area contributed by atoms with Crippen molar-refractivity contribution in [2.75, 3.05) is 0 Å². The van der Waals surface area contributed by atoms with Crippen LogP contribution in [0, 0.1) is 0 Å². The van der Waals surface area contributed by atoms with Crippen LogP contribution in [0.2, 0.25) is 5.02 Å². The van der Waals surface area contributed by atoms with Crippen molar-refractivity contribution in [1.82, 2.24) is 0 Å². The first-order chi connectivity index (χ1) is 3.79. The molecule has 0 aromatic heterocycles. The van der Waals surface area contributed by atoms with E-state index >= 15 is 0 Å². The van der Waals surface area contributed by atoms with Gasteiger partial charge in [0.05, 0.1) is 0 Å². The van der Waals surface area contributed by atoms with Gasteiger partial charge in [-0.25, -0.2) is 0 Å². The molecule has 2 heteroatoms. The van der Waals surface area contributed by atoms with Gasteiger partial charge in [0.25, 0.3) is 0 Å². The van der Waals surface area contributed by atoms with Crippen LogP contribution in [-0.4, -0.2) is 10.2 Å². The minimum atomic E-state index is 0. The van der Waals surface area contributed by atoms with E-state index in [-0.39, 0.29) is 7.43 Å². The molecule has 0 fully saturated rings. The van der Waals surface area contributed by atoms with Gasteiger partial charge in [-0.1, -0.05) is 36.3 Å². The molecule has 0 aliphatic heterocycles. The average molecular weight is 159 g/mol. The first kappa shape index (κ1) is 8.73. The molecule has 0 bridgehead atoms. The molecule has 0 atom stereocenters. The van der Waals surface area contributed by atoms with Crippen LogP contribution in [0.1, 0.15) is 7.43 Å². The van der Waals surface area contributed by atoms with E-state index in [0.717, 1.165) is 15.3 Å². The molecule has 0 nitrogen and oxygen atoms in total. The zero-order chi connectivity index (χ0) is 5.98. The Labute approximate surface area is 64.3 Å². The van der Waals surface area contributed by atoms with Crippen molar-refractivity contribution in [2.24, 2.45) is 0 Å². The molecule has 0 saturated heterocycles. The Balaban J connectivity index is 0.000000640. The third-order valence-electron chi connectivity index (χ3n) is 1.01. The van der Waals surface area contributed by atoms with E-state index in [9.17, 15) is 0 Å². The molecule has 0 heterocycles. The third kappa shape index (κ3) is 2.68. The minimum absolute atomic E-state index is 0. The summed E-state index contributed by atoms with van der Waals surface area (Å²) in [7, 11) is 1.11. The van der Waals surface area contributed by atoms with Gasteiger partial charge in [-0.3, -0.25) is 0 Å². The van der Waals surface area contributed by atoms with Crippen molar-refractivity contribution in [1.29, 1.82) is 0 Å². The lowest BCUT2D eigenvalue weighted by Crippen LogP contribution is -1.97. The van der Waals surface area contributed by atoms with E-state index in [1.807, 2.05) is 12.1 Å². The number of benzene rings is 1. The van der Waals surface area contributed by atoms with Crippen LogP contribution in [0.5, 0.6) is 0 Å². The Hall–Kier alpha value is -0.273. The van der Waals surface area contributed by atoms with Crippen molar-refractivity contribution >= 4 is 27.0 Å².